The molecule has 0 saturated carbocycles. The molecule has 1 nitrogen and oxygen atoms in total. The molecule has 1 heteroatoms. The van der Waals surface area contributed by atoms with Gasteiger partial charge in [0.15, 0.2) is 0 Å². The predicted molar refractivity (Wildman–Crippen MR) is 48.4 cm³/mol. The van der Waals surface area contributed by atoms with Gasteiger partial charge in [0, 0.05) is 5.92 Å². The van der Waals surface area contributed by atoms with Gasteiger partial charge in [-0.3, -0.25) is 0 Å². The third-order valence-corrected chi connectivity index (χ3v) is 2.11. The predicted octanol–water partition coefficient (Wildman–Crippen LogP) is 2.81. The number of unbranched alkanes of at least 4 members (excludes halogenated alkanes) is 1. The summed E-state index contributed by atoms with van der Waals surface area (Å²) in [5.74, 6) is 0.520. The summed E-state index contributed by atoms with van der Waals surface area (Å²) in [5.41, 5.74) is 0. The lowest BCUT2D eigenvalue weighted by Gasteiger charge is -2.13. The summed E-state index contributed by atoms with van der Waals surface area (Å²) in [6.07, 6.45) is 6.22. The van der Waals surface area contributed by atoms with Gasteiger partial charge in [-0.05, 0) is 12.3 Å². The molecule has 0 heterocycles. The van der Waals surface area contributed by atoms with Gasteiger partial charge in [0.2, 0.25) is 0 Å². The van der Waals surface area contributed by atoms with Crippen molar-refractivity contribution in [1.29, 1.82) is 0 Å². The van der Waals surface area contributed by atoms with Gasteiger partial charge in [0.05, 0.1) is 0 Å². The van der Waals surface area contributed by atoms with Crippen LogP contribution in [0.5, 0.6) is 0 Å². The lowest BCUT2D eigenvalue weighted by molar-refractivity contribution is -0.112. The molecule has 0 fully saturated rings. The lowest BCUT2D eigenvalue weighted by atomic mass is 9.91. The number of hydrogen-bond acceptors (Lipinski definition) is 1. The Morgan fingerprint density at radius 3 is 2.55 bits per heavy atom. The van der Waals surface area contributed by atoms with Crippen molar-refractivity contribution in [3.63, 3.8) is 0 Å². The van der Waals surface area contributed by atoms with Crippen molar-refractivity contribution in [3.8, 4) is 0 Å². The van der Waals surface area contributed by atoms with Crippen LogP contribution < -0.4 is 0 Å². The average molecular weight is 154 g/mol. The van der Waals surface area contributed by atoms with Gasteiger partial charge in [0.1, 0.15) is 6.29 Å². The highest BCUT2D eigenvalue weighted by atomic mass is 16.1. The molecule has 2 atom stereocenters. The molecular weight excluding hydrogens is 136 g/mol. The Kier molecular flexibility index (Phi) is 5.81. The van der Waals surface area contributed by atoms with E-state index in [4.69, 9.17) is 0 Å². The fourth-order valence-electron chi connectivity index (χ4n) is 1.07. The first-order chi connectivity index (χ1) is 5.26. The molecule has 0 aromatic carbocycles. The molecule has 0 aliphatic rings. The van der Waals surface area contributed by atoms with Crippen molar-refractivity contribution in [2.45, 2.75) is 33.1 Å². The van der Waals surface area contributed by atoms with Crippen LogP contribution in [0.25, 0.3) is 0 Å². The fourth-order valence-corrected chi connectivity index (χ4v) is 1.07. The third-order valence-electron chi connectivity index (χ3n) is 2.11. The van der Waals surface area contributed by atoms with Crippen LogP contribution in [0.1, 0.15) is 33.1 Å². The average Bonchev–Trinajstić information content (AvgIpc) is 2.05. The van der Waals surface area contributed by atoms with Crippen molar-refractivity contribution in [3.05, 3.63) is 12.7 Å². The first-order valence-electron chi connectivity index (χ1n) is 4.34. The van der Waals surface area contributed by atoms with Gasteiger partial charge in [0.25, 0.3) is 0 Å². The van der Waals surface area contributed by atoms with Gasteiger partial charge in [-0.15, -0.1) is 6.58 Å². The van der Waals surface area contributed by atoms with Gasteiger partial charge in [-0.25, -0.2) is 0 Å². The second-order valence-electron chi connectivity index (χ2n) is 3.04. The largest absolute Gasteiger partial charge is 0.303 e. The summed E-state index contributed by atoms with van der Waals surface area (Å²) in [5, 5.41) is 0. The summed E-state index contributed by atoms with van der Waals surface area (Å²) < 4.78 is 0. The van der Waals surface area contributed by atoms with Crippen LogP contribution in [0.3, 0.4) is 0 Å². The minimum Gasteiger partial charge on any atom is -0.303 e. The molecule has 0 aromatic heterocycles. The number of aldehydes is 1. The topological polar surface area (TPSA) is 17.1 Å². The second kappa shape index (κ2) is 6.14. The number of carbonyl (C=O) groups is 1. The Morgan fingerprint density at radius 1 is 1.55 bits per heavy atom. The zero-order chi connectivity index (χ0) is 8.69. The maximum absolute atomic E-state index is 10.6. The molecule has 11 heavy (non-hydrogen) atoms. The van der Waals surface area contributed by atoms with Gasteiger partial charge < -0.3 is 4.79 Å². The quantitative estimate of drug-likeness (QED) is 0.424. The normalized spacial score (nSPS) is 15.5. The molecular formula is C10H18O. The third kappa shape index (κ3) is 3.97. The second-order valence-corrected chi connectivity index (χ2v) is 3.04. The number of allylic oxidation sites excluding steroid dienone is 1. The lowest BCUT2D eigenvalue weighted by Crippen LogP contribution is -2.10. The number of rotatable bonds is 6. The molecule has 0 radical (unpaired) electrons. The van der Waals surface area contributed by atoms with Crippen LogP contribution in [0.2, 0.25) is 0 Å². The Hall–Kier alpha value is -0.590. The van der Waals surface area contributed by atoms with E-state index in [2.05, 4.69) is 13.5 Å². The molecule has 0 aliphatic carbocycles. The standard InChI is InChI=1S/C10H18O/c1-4-6-7-10(8-11)9(3)5-2/h5,8-10H,2,4,6-7H2,1,3H3/t9-,10-/m1/s1. The summed E-state index contributed by atoms with van der Waals surface area (Å²) in [6, 6.07) is 0. The van der Waals surface area contributed by atoms with Gasteiger partial charge >= 0.3 is 0 Å². The van der Waals surface area contributed by atoms with Crippen molar-refractivity contribution in [2.24, 2.45) is 11.8 Å². The molecule has 64 valence electrons. The zero-order valence-corrected chi connectivity index (χ0v) is 7.55. The molecule has 0 spiro atoms. The van der Waals surface area contributed by atoms with E-state index >= 15 is 0 Å². The highest BCUT2D eigenvalue weighted by Crippen LogP contribution is 2.16. The maximum Gasteiger partial charge on any atom is 0.123 e. The van der Waals surface area contributed by atoms with Crippen molar-refractivity contribution in [2.75, 3.05) is 0 Å². The highest BCUT2D eigenvalue weighted by Gasteiger charge is 2.11. The summed E-state index contributed by atoms with van der Waals surface area (Å²) >= 11 is 0. The molecule has 0 amide bonds. The first kappa shape index (κ1) is 10.4. The molecule has 0 aliphatic heterocycles. The minimum atomic E-state index is 0.187. The van der Waals surface area contributed by atoms with Crippen LogP contribution in [0.15, 0.2) is 12.7 Å². The SMILES string of the molecule is C=C[C@@H](C)[C@@H](C=O)CCCC. The first-order valence-corrected chi connectivity index (χ1v) is 4.34. The van der Waals surface area contributed by atoms with Crippen LogP contribution in [-0.4, -0.2) is 6.29 Å². The fraction of sp³-hybridized carbons (Fsp3) is 0.700. The zero-order valence-electron chi connectivity index (χ0n) is 7.55. The van der Waals surface area contributed by atoms with Crippen molar-refractivity contribution in [1.82, 2.24) is 0 Å². The van der Waals surface area contributed by atoms with E-state index in [9.17, 15) is 4.79 Å². The summed E-state index contributed by atoms with van der Waals surface area (Å²) in [6.45, 7) is 7.86. The Morgan fingerprint density at radius 2 is 2.18 bits per heavy atom. The van der Waals surface area contributed by atoms with E-state index < -0.39 is 0 Å². The van der Waals surface area contributed by atoms with E-state index in [0.717, 1.165) is 25.5 Å². The molecule has 0 saturated heterocycles. The Labute approximate surface area is 69.5 Å². The van der Waals surface area contributed by atoms with Crippen molar-refractivity contribution < 1.29 is 4.79 Å². The van der Waals surface area contributed by atoms with E-state index in [1.165, 1.54) is 0 Å². The number of hydrogen-bond donors (Lipinski definition) is 0. The van der Waals surface area contributed by atoms with E-state index in [1.54, 1.807) is 0 Å². The van der Waals surface area contributed by atoms with E-state index in [1.807, 2.05) is 13.0 Å². The van der Waals surface area contributed by atoms with Crippen LogP contribution in [-0.2, 0) is 4.79 Å². The molecule has 0 bridgehead atoms. The van der Waals surface area contributed by atoms with Gasteiger partial charge in [-0.1, -0.05) is 32.8 Å². The maximum atomic E-state index is 10.6. The Bertz CT molecular complexity index is 118. The van der Waals surface area contributed by atoms with Gasteiger partial charge in [-0.2, -0.15) is 0 Å². The molecule has 0 unspecified atom stereocenters. The summed E-state index contributed by atoms with van der Waals surface area (Å²) in [7, 11) is 0. The number of carbonyl (C=O) groups excluding carboxylic acids is 1. The van der Waals surface area contributed by atoms with Crippen LogP contribution in [0, 0.1) is 11.8 Å². The van der Waals surface area contributed by atoms with Crippen molar-refractivity contribution >= 4 is 6.29 Å². The smallest absolute Gasteiger partial charge is 0.123 e. The molecule has 0 N–H and O–H groups in total. The summed E-state index contributed by atoms with van der Waals surface area (Å²) in [4.78, 5) is 10.6. The molecule has 0 rings (SSSR count). The van der Waals surface area contributed by atoms with E-state index in [-0.39, 0.29) is 5.92 Å². The monoisotopic (exact) mass is 154 g/mol. The van der Waals surface area contributed by atoms with Crippen LogP contribution >= 0.6 is 0 Å². The minimum absolute atomic E-state index is 0.187. The Balaban J connectivity index is 3.73. The highest BCUT2D eigenvalue weighted by molar-refractivity contribution is 5.54. The van der Waals surface area contributed by atoms with E-state index in [0.29, 0.717) is 5.92 Å². The molecule has 0 aromatic rings. The van der Waals surface area contributed by atoms with Crippen LogP contribution in [0.4, 0.5) is 0 Å².